The van der Waals surface area contributed by atoms with Crippen molar-refractivity contribution in [2.75, 3.05) is 0 Å². The molecular formula is C9H6N2O3. The van der Waals surface area contributed by atoms with Gasteiger partial charge < -0.3 is 5.11 Å². The van der Waals surface area contributed by atoms with E-state index in [9.17, 15) is 9.59 Å². The van der Waals surface area contributed by atoms with Crippen LogP contribution in [0, 0.1) is 0 Å². The van der Waals surface area contributed by atoms with Gasteiger partial charge in [-0.2, -0.15) is 0 Å². The zero-order valence-corrected chi connectivity index (χ0v) is 7.04. The van der Waals surface area contributed by atoms with Gasteiger partial charge in [0.2, 0.25) is 6.04 Å². The van der Waals surface area contributed by atoms with Crippen LogP contribution < -0.4 is 10.7 Å². The normalized spacial score (nSPS) is 19.1. The number of aliphatic carboxylic acids is 1. The Morgan fingerprint density at radius 3 is 2.57 bits per heavy atom. The van der Waals surface area contributed by atoms with Crippen molar-refractivity contribution in [3.63, 3.8) is 0 Å². The number of hydrogen-bond acceptors (Lipinski definition) is 3. The van der Waals surface area contributed by atoms with Crippen molar-refractivity contribution in [2.45, 2.75) is 6.04 Å². The van der Waals surface area contributed by atoms with Crippen LogP contribution in [-0.2, 0) is 9.59 Å². The standard InChI is InChI=1S/C9H6N2O3/c12-8-7(9(13)14)10-5-3-1-2-4-6(5)11-8/h1-4,7H,(H,13,14). The fourth-order valence-electron chi connectivity index (χ4n) is 1.20. The van der Waals surface area contributed by atoms with Crippen LogP contribution in [-0.4, -0.2) is 23.0 Å². The summed E-state index contributed by atoms with van der Waals surface area (Å²) < 4.78 is 0. The summed E-state index contributed by atoms with van der Waals surface area (Å²) in [6.45, 7) is 0. The van der Waals surface area contributed by atoms with Crippen molar-refractivity contribution in [3.05, 3.63) is 35.0 Å². The number of carboxylic acids is 1. The number of carboxylic acid groups (broad SMARTS) is 1. The molecule has 1 heterocycles. The van der Waals surface area contributed by atoms with Gasteiger partial charge in [-0.3, -0.25) is 9.79 Å². The average Bonchev–Trinajstić information content (AvgIpc) is 2.16. The van der Waals surface area contributed by atoms with E-state index < -0.39 is 17.9 Å². The predicted octanol–water partition coefficient (Wildman–Crippen LogP) is -1.08. The third kappa shape index (κ3) is 1.28. The Hall–Kier alpha value is -2.04. The molecule has 1 aliphatic rings. The average molecular weight is 190 g/mol. The zero-order chi connectivity index (χ0) is 10.1. The van der Waals surface area contributed by atoms with Gasteiger partial charge in [0.05, 0.1) is 10.7 Å². The number of para-hydroxylation sites is 2. The van der Waals surface area contributed by atoms with Gasteiger partial charge in [-0.15, -0.1) is 0 Å². The number of nitrogens with zero attached hydrogens (tertiary/aromatic N) is 2. The van der Waals surface area contributed by atoms with Crippen molar-refractivity contribution in [1.82, 2.24) is 0 Å². The predicted molar refractivity (Wildman–Crippen MR) is 45.2 cm³/mol. The number of amides is 1. The largest absolute Gasteiger partial charge is 0.479 e. The second kappa shape index (κ2) is 3.02. The number of carbonyl (C=O) groups excluding carboxylic acids is 1. The van der Waals surface area contributed by atoms with Crippen molar-refractivity contribution < 1.29 is 14.7 Å². The lowest BCUT2D eigenvalue weighted by molar-refractivity contribution is -0.142. The summed E-state index contributed by atoms with van der Waals surface area (Å²) in [5, 5.41) is 9.53. The summed E-state index contributed by atoms with van der Waals surface area (Å²) >= 11 is 0. The molecule has 0 fully saturated rings. The molecule has 1 N–H and O–H groups in total. The number of hydrogen-bond donors (Lipinski definition) is 1. The molecule has 2 rings (SSSR count). The van der Waals surface area contributed by atoms with Crippen LogP contribution >= 0.6 is 0 Å². The molecule has 1 aromatic carbocycles. The van der Waals surface area contributed by atoms with Crippen LogP contribution in [0.5, 0.6) is 0 Å². The van der Waals surface area contributed by atoms with E-state index in [4.69, 9.17) is 5.11 Å². The third-order valence-electron chi connectivity index (χ3n) is 1.85. The Balaban J connectivity index is 2.67. The molecular weight excluding hydrogens is 184 g/mol. The summed E-state index contributed by atoms with van der Waals surface area (Å²) in [4.78, 5) is 29.2. The van der Waals surface area contributed by atoms with E-state index >= 15 is 0 Å². The number of fused-ring (bicyclic) bond motifs is 1. The molecule has 1 unspecified atom stereocenters. The topological polar surface area (TPSA) is 79.1 Å². The van der Waals surface area contributed by atoms with Gasteiger partial charge in [0, 0.05) is 0 Å². The van der Waals surface area contributed by atoms with Gasteiger partial charge in [0.25, 0.3) is 5.91 Å². The molecule has 1 amide bonds. The monoisotopic (exact) mass is 190 g/mol. The Morgan fingerprint density at radius 2 is 1.93 bits per heavy atom. The fraction of sp³-hybridized carbons (Fsp3) is 0.111. The molecule has 0 aliphatic carbocycles. The summed E-state index contributed by atoms with van der Waals surface area (Å²) in [6.07, 6.45) is 0. The van der Waals surface area contributed by atoms with Gasteiger partial charge in [0.1, 0.15) is 0 Å². The number of carbonyl (C=O) groups is 2. The van der Waals surface area contributed by atoms with E-state index in [1.54, 1.807) is 24.3 Å². The smallest absolute Gasteiger partial charge is 0.338 e. The summed E-state index contributed by atoms with van der Waals surface area (Å²) in [5.74, 6) is -2.00. The zero-order valence-electron chi connectivity index (χ0n) is 7.04. The Kier molecular flexibility index (Phi) is 1.85. The van der Waals surface area contributed by atoms with E-state index in [1.165, 1.54) is 0 Å². The maximum absolute atomic E-state index is 11.2. The second-order valence-electron chi connectivity index (χ2n) is 2.81. The Morgan fingerprint density at radius 1 is 1.29 bits per heavy atom. The molecule has 0 aromatic heterocycles. The highest BCUT2D eigenvalue weighted by molar-refractivity contribution is 6.02. The first-order chi connectivity index (χ1) is 6.68. The SMILES string of the molecule is O=C(O)C1N=c2ccccc2=NC1=O. The van der Waals surface area contributed by atoms with Crippen molar-refractivity contribution in [1.29, 1.82) is 0 Å². The quantitative estimate of drug-likeness (QED) is 0.572. The molecule has 1 atom stereocenters. The molecule has 5 nitrogen and oxygen atoms in total. The molecule has 0 spiro atoms. The van der Waals surface area contributed by atoms with Crippen LogP contribution in [0.25, 0.3) is 0 Å². The van der Waals surface area contributed by atoms with Crippen LogP contribution in [0.4, 0.5) is 0 Å². The molecule has 14 heavy (non-hydrogen) atoms. The molecule has 70 valence electrons. The van der Waals surface area contributed by atoms with E-state index in [1.807, 2.05) is 0 Å². The van der Waals surface area contributed by atoms with Gasteiger partial charge in [-0.1, -0.05) is 12.1 Å². The number of rotatable bonds is 1. The summed E-state index contributed by atoms with van der Waals surface area (Å²) in [6, 6.07) is 5.29. The summed E-state index contributed by atoms with van der Waals surface area (Å²) in [7, 11) is 0. The van der Waals surface area contributed by atoms with Gasteiger partial charge >= 0.3 is 5.97 Å². The van der Waals surface area contributed by atoms with Crippen molar-refractivity contribution >= 4 is 11.9 Å². The lowest BCUT2D eigenvalue weighted by atomic mass is 10.2. The van der Waals surface area contributed by atoms with E-state index in [-0.39, 0.29) is 0 Å². The molecule has 0 saturated carbocycles. The van der Waals surface area contributed by atoms with E-state index in [0.29, 0.717) is 10.7 Å². The van der Waals surface area contributed by atoms with Crippen molar-refractivity contribution in [3.8, 4) is 0 Å². The number of benzene rings is 1. The highest BCUT2D eigenvalue weighted by Gasteiger charge is 2.26. The highest BCUT2D eigenvalue weighted by atomic mass is 16.4. The molecule has 5 heteroatoms. The van der Waals surface area contributed by atoms with E-state index in [2.05, 4.69) is 9.98 Å². The second-order valence-corrected chi connectivity index (χ2v) is 2.81. The van der Waals surface area contributed by atoms with Crippen LogP contribution in [0.2, 0.25) is 0 Å². The Labute approximate surface area is 78.4 Å². The van der Waals surface area contributed by atoms with Crippen molar-refractivity contribution in [2.24, 2.45) is 9.98 Å². The first kappa shape index (κ1) is 8.55. The van der Waals surface area contributed by atoms with Crippen LogP contribution in [0.15, 0.2) is 34.3 Å². The lowest BCUT2D eigenvalue weighted by Crippen LogP contribution is -2.40. The molecule has 0 bridgehead atoms. The minimum atomic E-state index is -1.38. The van der Waals surface area contributed by atoms with Gasteiger partial charge in [-0.05, 0) is 12.1 Å². The third-order valence-corrected chi connectivity index (χ3v) is 1.85. The molecule has 0 radical (unpaired) electrons. The Bertz CT molecular complexity index is 521. The fourth-order valence-corrected chi connectivity index (χ4v) is 1.20. The molecule has 1 aromatic rings. The minimum Gasteiger partial charge on any atom is -0.479 e. The molecule has 1 aliphatic heterocycles. The highest BCUT2D eigenvalue weighted by Crippen LogP contribution is 1.95. The van der Waals surface area contributed by atoms with Crippen LogP contribution in [0.3, 0.4) is 0 Å². The lowest BCUT2D eigenvalue weighted by Gasteiger charge is -2.05. The maximum Gasteiger partial charge on any atom is 0.338 e. The van der Waals surface area contributed by atoms with Crippen LogP contribution in [0.1, 0.15) is 0 Å². The van der Waals surface area contributed by atoms with Gasteiger partial charge in [-0.25, -0.2) is 9.79 Å². The summed E-state index contributed by atoms with van der Waals surface area (Å²) in [5.41, 5.74) is 0. The maximum atomic E-state index is 11.2. The molecule has 0 saturated heterocycles. The minimum absolute atomic E-state index is 0.426. The van der Waals surface area contributed by atoms with E-state index in [0.717, 1.165) is 0 Å². The van der Waals surface area contributed by atoms with Gasteiger partial charge in [0.15, 0.2) is 0 Å². The first-order valence-corrected chi connectivity index (χ1v) is 3.97. The first-order valence-electron chi connectivity index (χ1n) is 3.97.